The molecule has 0 aromatic carbocycles. The Morgan fingerprint density at radius 3 is 2.24 bits per heavy atom. The first kappa shape index (κ1) is 15.3. The van der Waals surface area contributed by atoms with Gasteiger partial charge in [-0.15, -0.1) is 0 Å². The van der Waals surface area contributed by atoms with Crippen molar-refractivity contribution in [1.29, 1.82) is 0 Å². The van der Waals surface area contributed by atoms with Gasteiger partial charge in [-0.05, 0) is 43.9 Å². The minimum Gasteiger partial charge on any atom is -0.378 e. The number of rotatable bonds is 6. The van der Waals surface area contributed by atoms with Gasteiger partial charge in [-0.2, -0.15) is 0 Å². The van der Waals surface area contributed by atoms with E-state index >= 15 is 0 Å². The normalized spacial score (nSPS) is 30.4. The Morgan fingerprint density at radius 2 is 1.71 bits per heavy atom. The van der Waals surface area contributed by atoms with E-state index in [4.69, 9.17) is 15.4 Å². The third kappa shape index (κ3) is 7.27. The summed E-state index contributed by atoms with van der Waals surface area (Å²) in [6.45, 7) is 5.19. The predicted molar refractivity (Wildman–Crippen MR) is 70.8 cm³/mol. The highest BCUT2D eigenvalue weighted by Crippen LogP contribution is 2.30. The molecule has 0 aliphatic heterocycles. The van der Waals surface area contributed by atoms with Crippen molar-refractivity contribution in [2.24, 2.45) is 11.8 Å². The first-order valence-corrected chi connectivity index (χ1v) is 8.88. The zero-order chi connectivity index (χ0) is 12.9. The van der Waals surface area contributed by atoms with Crippen molar-refractivity contribution >= 4 is 19.7 Å². The van der Waals surface area contributed by atoms with E-state index in [1.807, 2.05) is 0 Å². The highest BCUT2D eigenvalue weighted by Gasteiger charge is 2.24. The summed E-state index contributed by atoms with van der Waals surface area (Å²) in [6, 6.07) is 0. The second-order valence-electron chi connectivity index (χ2n) is 5.36. The number of hydrogen-bond donors (Lipinski definition) is 0. The van der Waals surface area contributed by atoms with Crippen LogP contribution in [0.4, 0.5) is 0 Å². The van der Waals surface area contributed by atoms with E-state index in [0.717, 1.165) is 31.1 Å². The molecule has 2 atom stereocenters. The molecule has 0 saturated heterocycles. The van der Waals surface area contributed by atoms with E-state index in [9.17, 15) is 8.42 Å². The number of unbranched alkanes of at least 4 members (excludes halogenated alkanes) is 1. The number of ether oxygens (including phenoxy) is 1. The first-order chi connectivity index (χ1) is 7.87. The first-order valence-electron chi connectivity index (χ1n) is 6.40. The molecule has 0 heterocycles. The van der Waals surface area contributed by atoms with E-state index in [1.54, 1.807) is 0 Å². The number of halogens is 1. The summed E-state index contributed by atoms with van der Waals surface area (Å²) >= 11 is 0. The average molecular weight is 283 g/mol. The highest BCUT2D eigenvalue weighted by molar-refractivity contribution is 8.13. The minimum absolute atomic E-state index is 0.0510. The third-order valence-corrected chi connectivity index (χ3v) is 4.51. The Hall–Kier alpha value is 0.200. The van der Waals surface area contributed by atoms with E-state index in [0.29, 0.717) is 19.1 Å². The number of hydrogen-bond acceptors (Lipinski definition) is 3. The van der Waals surface area contributed by atoms with Gasteiger partial charge in [-0.1, -0.05) is 13.8 Å². The van der Waals surface area contributed by atoms with Gasteiger partial charge >= 0.3 is 0 Å². The lowest BCUT2D eigenvalue weighted by atomic mass is 9.82. The van der Waals surface area contributed by atoms with Crippen LogP contribution in [-0.2, 0) is 13.8 Å². The second-order valence-corrected chi connectivity index (χ2v) is 8.26. The molecule has 0 amide bonds. The van der Waals surface area contributed by atoms with E-state index in [1.165, 1.54) is 6.42 Å². The van der Waals surface area contributed by atoms with E-state index < -0.39 is 9.05 Å². The van der Waals surface area contributed by atoms with Crippen LogP contribution in [0.2, 0.25) is 0 Å². The van der Waals surface area contributed by atoms with Gasteiger partial charge in [0.25, 0.3) is 0 Å². The quantitative estimate of drug-likeness (QED) is 0.555. The molecule has 5 heteroatoms. The van der Waals surface area contributed by atoms with Crippen LogP contribution in [0.25, 0.3) is 0 Å². The molecule has 1 aliphatic carbocycles. The smallest absolute Gasteiger partial charge is 0.232 e. The van der Waals surface area contributed by atoms with Gasteiger partial charge in [0.15, 0.2) is 0 Å². The van der Waals surface area contributed by atoms with Gasteiger partial charge in [0, 0.05) is 17.3 Å². The summed E-state index contributed by atoms with van der Waals surface area (Å²) in [5, 5.41) is 0. The maximum absolute atomic E-state index is 10.7. The molecule has 0 spiro atoms. The molecule has 2 unspecified atom stereocenters. The van der Waals surface area contributed by atoms with Crippen LogP contribution >= 0.6 is 10.7 Å². The Morgan fingerprint density at radius 1 is 1.12 bits per heavy atom. The standard InChI is InChI=1S/C12H23ClO3S/c1-10-7-11(2)9-12(8-10)16-5-3-4-6-17(13,14)15/h10-12H,3-9H2,1-2H3. The fourth-order valence-electron chi connectivity index (χ4n) is 2.64. The van der Waals surface area contributed by atoms with Gasteiger partial charge < -0.3 is 4.74 Å². The van der Waals surface area contributed by atoms with Crippen LogP contribution in [0.1, 0.15) is 46.0 Å². The van der Waals surface area contributed by atoms with Gasteiger partial charge in [0.05, 0.1) is 11.9 Å². The molecular formula is C12H23ClO3S. The van der Waals surface area contributed by atoms with Crippen molar-refractivity contribution in [3.63, 3.8) is 0 Å². The molecule has 1 fully saturated rings. The fourth-order valence-corrected chi connectivity index (χ4v) is 3.51. The van der Waals surface area contributed by atoms with Crippen LogP contribution in [0.3, 0.4) is 0 Å². The molecule has 3 nitrogen and oxygen atoms in total. The summed E-state index contributed by atoms with van der Waals surface area (Å²) in [5.74, 6) is 1.54. The monoisotopic (exact) mass is 282 g/mol. The molecule has 1 aliphatic rings. The largest absolute Gasteiger partial charge is 0.378 e. The minimum atomic E-state index is -3.33. The van der Waals surface area contributed by atoms with Crippen molar-refractivity contribution in [1.82, 2.24) is 0 Å². The van der Waals surface area contributed by atoms with E-state index in [2.05, 4.69) is 13.8 Å². The lowest BCUT2D eigenvalue weighted by Crippen LogP contribution is -2.26. The van der Waals surface area contributed by atoms with Crippen LogP contribution in [0.5, 0.6) is 0 Å². The molecule has 0 aromatic heterocycles. The third-order valence-electron chi connectivity index (χ3n) is 3.27. The molecule has 0 bridgehead atoms. The average Bonchev–Trinajstić information content (AvgIpc) is 2.13. The zero-order valence-electron chi connectivity index (χ0n) is 10.7. The van der Waals surface area contributed by atoms with Crippen LogP contribution < -0.4 is 0 Å². The fraction of sp³-hybridized carbons (Fsp3) is 1.00. The van der Waals surface area contributed by atoms with Crippen LogP contribution in [-0.4, -0.2) is 26.9 Å². The molecular weight excluding hydrogens is 260 g/mol. The van der Waals surface area contributed by atoms with Gasteiger partial charge in [-0.25, -0.2) is 8.42 Å². The molecule has 17 heavy (non-hydrogen) atoms. The van der Waals surface area contributed by atoms with Crippen molar-refractivity contribution in [3.05, 3.63) is 0 Å². The summed E-state index contributed by atoms with van der Waals surface area (Å²) in [5.41, 5.74) is 0. The maximum atomic E-state index is 10.7. The summed E-state index contributed by atoms with van der Waals surface area (Å²) in [4.78, 5) is 0. The van der Waals surface area contributed by atoms with Gasteiger partial charge in [0.2, 0.25) is 9.05 Å². The molecule has 1 rings (SSSR count). The zero-order valence-corrected chi connectivity index (χ0v) is 12.3. The SMILES string of the molecule is CC1CC(C)CC(OCCCCS(=O)(=O)Cl)C1. The van der Waals surface area contributed by atoms with Crippen LogP contribution in [0, 0.1) is 11.8 Å². The highest BCUT2D eigenvalue weighted by atomic mass is 35.7. The lowest BCUT2D eigenvalue weighted by molar-refractivity contribution is -0.0000550. The van der Waals surface area contributed by atoms with E-state index in [-0.39, 0.29) is 5.75 Å². The lowest BCUT2D eigenvalue weighted by Gasteiger charge is -2.31. The second kappa shape index (κ2) is 6.95. The summed E-state index contributed by atoms with van der Waals surface area (Å²) in [7, 11) is 1.80. The van der Waals surface area contributed by atoms with Gasteiger partial charge in [-0.3, -0.25) is 0 Å². The van der Waals surface area contributed by atoms with Crippen molar-refractivity contribution in [3.8, 4) is 0 Å². The predicted octanol–water partition coefficient (Wildman–Crippen LogP) is 3.18. The topological polar surface area (TPSA) is 43.4 Å². The van der Waals surface area contributed by atoms with Crippen LogP contribution in [0.15, 0.2) is 0 Å². The Kier molecular flexibility index (Phi) is 6.24. The Labute approximate surface area is 109 Å². The van der Waals surface area contributed by atoms with Gasteiger partial charge in [0.1, 0.15) is 0 Å². The van der Waals surface area contributed by atoms with Crippen molar-refractivity contribution in [2.75, 3.05) is 12.4 Å². The van der Waals surface area contributed by atoms with Crippen molar-refractivity contribution in [2.45, 2.75) is 52.1 Å². The molecule has 0 aromatic rings. The Balaban J connectivity index is 2.10. The summed E-state index contributed by atoms with van der Waals surface area (Å²) < 4.78 is 27.2. The molecule has 102 valence electrons. The maximum Gasteiger partial charge on any atom is 0.232 e. The molecule has 1 saturated carbocycles. The molecule has 0 radical (unpaired) electrons. The summed E-state index contributed by atoms with van der Waals surface area (Å²) in [6.07, 6.45) is 5.29. The van der Waals surface area contributed by atoms with Crippen molar-refractivity contribution < 1.29 is 13.2 Å². The molecule has 0 N–H and O–H groups in total. The Bertz CT molecular complexity index is 306.